The highest BCUT2D eigenvalue weighted by Crippen LogP contribution is 2.26. The van der Waals surface area contributed by atoms with Crippen LogP contribution in [0.5, 0.6) is 5.75 Å². The molecule has 0 radical (unpaired) electrons. The van der Waals surface area contributed by atoms with Crippen LogP contribution in [0.25, 0.3) is 11.4 Å². The van der Waals surface area contributed by atoms with Crippen molar-refractivity contribution in [3.63, 3.8) is 0 Å². The van der Waals surface area contributed by atoms with E-state index in [1.165, 1.54) is 11.8 Å². The van der Waals surface area contributed by atoms with E-state index >= 15 is 0 Å². The van der Waals surface area contributed by atoms with Crippen LogP contribution in [0.4, 0.5) is 11.4 Å². The van der Waals surface area contributed by atoms with Crippen LogP contribution in [0.2, 0.25) is 0 Å². The van der Waals surface area contributed by atoms with Crippen molar-refractivity contribution in [2.24, 2.45) is 0 Å². The number of nitrogens with one attached hydrogen (secondary N) is 1. The van der Waals surface area contributed by atoms with Crippen LogP contribution >= 0.6 is 11.8 Å². The minimum atomic E-state index is -0.127. The predicted molar refractivity (Wildman–Crippen MR) is 122 cm³/mol. The topological polar surface area (TPSA) is 72.3 Å². The van der Waals surface area contributed by atoms with Gasteiger partial charge in [-0.1, -0.05) is 23.9 Å². The maximum Gasteiger partial charge on any atom is 0.234 e. The van der Waals surface area contributed by atoms with Crippen LogP contribution in [-0.4, -0.2) is 47.6 Å². The van der Waals surface area contributed by atoms with Crippen LogP contribution in [0.3, 0.4) is 0 Å². The van der Waals surface area contributed by atoms with Gasteiger partial charge in [-0.2, -0.15) is 0 Å². The van der Waals surface area contributed by atoms with Gasteiger partial charge < -0.3 is 15.0 Å². The fraction of sp³-hybridized carbons (Fsp3) is 0.227. The summed E-state index contributed by atoms with van der Waals surface area (Å²) in [4.78, 5) is 14.4. The number of hydrogen-bond donors (Lipinski definition) is 1. The Bertz CT molecular complexity index is 1010. The Kier molecular flexibility index (Phi) is 7.13. The summed E-state index contributed by atoms with van der Waals surface area (Å²) in [6, 6.07) is 15.4. The molecular weight excluding hydrogens is 398 g/mol. The highest BCUT2D eigenvalue weighted by atomic mass is 32.2. The van der Waals surface area contributed by atoms with Crippen LogP contribution in [-0.2, 0) is 11.3 Å². The molecule has 0 aliphatic carbocycles. The number of benzene rings is 2. The molecular formula is C22H25N5O2S. The van der Waals surface area contributed by atoms with E-state index in [0.29, 0.717) is 23.1 Å². The lowest BCUT2D eigenvalue weighted by Crippen LogP contribution is -2.14. The molecule has 1 N–H and O–H groups in total. The minimum Gasteiger partial charge on any atom is -0.497 e. The number of nitrogens with zero attached hydrogens (tertiary/aromatic N) is 4. The second-order valence-corrected chi connectivity index (χ2v) is 7.66. The van der Waals surface area contributed by atoms with Gasteiger partial charge >= 0.3 is 0 Å². The van der Waals surface area contributed by atoms with Crippen molar-refractivity contribution in [2.45, 2.75) is 11.7 Å². The average Bonchev–Trinajstić information content (AvgIpc) is 3.15. The zero-order valence-corrected chi connectivity index (χ0v) is 18.1. The second-order valence-electron chi connectivity index (χ2n) is 6.72. The standard InChI is InChI=1S/C22H25N5O2S/c1-5-13-27-21(16-9-11-18(12-10-16)26(2)3)24-25-22(27)30-15-20(28)23-17-7-6-8-19(14-17)29-4/h5-12,14H,1,13,15H2,2-4H3,(H,23,28). The number of aromatic nitrogens is 3. The van der Waals surface area contributed by atoms with E-state index in [2.05, 4.69) is 22.1 Å². The summed E-state index contributed by atoms with van der Waals surface area (Å²) < 4.78 is 7.14. The van der Waals surface area contributed by atoms with Crippen molar-refractivity contribution in [3.8, 4) is 17.1 Å². The first-order chi connectivity index (χ1) is 14.5. The molecule has 0 spiro atoms. The van der Waals surface area contributed by atoms with Crippen LogP contribution < -0.4 is 15.0 Å². The number of rotatable bonds is 9. The van der Waals surface area contributed by atoms with Gasteiger partial charge in [0.15, 0.2) is 11.0 Å². The number of amides is 1. The molecule has 156 valence electrons. The van der Waals surface area contributed by atoms with E-state index in [1.807, 2.05) is 66.0 Å². The fourth-order valence-corrected chi connectivity index (χ4v) is 3.59. The quantitative estimate of drug-likeness (QED) is 0.415. The summed E-state index contributed by atoms with van der Waals surface area (Å²) in [5.41, 5.74) is 2.76. The number of anilines is 2. The summed E-state index contributed by atoms with van der Waals surface area (Å²) in [5, 5.41) is 12.2. The van der Waals surface area contributed by atoms with Crippen molar-refractivity contribution in [1.82, 2.24) is 14.8 Å². The second kappa shape index (κ2) is 9.98. The molecule has 0 saturated carbocycles. The Morgan fingerprint density at radius 2 is 2.00 bits per heavy atom. The number of thioether (sulfide) groups is 1. The van der Waals surface area contributed by atoms with Gasteiger partial charge in [-0.05, 0) is 36.4 Å². The largest absolute Gasteiger partial charge is 0.497 e. The molecule has 0 bridgehead atoms. The first-order valence-corrected chi connectivity index (χ1v) is 10.4. The maximum atomic E-state index is 12.4. The van der Waals surface area contributed by atoms with E-state index in [-0.39, 0.29) is 11.7 Å². The van der Waals surface area contributed by atoms with E-state index in [0.717, 1.165) is 17.1 Å². The van der Waals surface area contributed by atoms with Gasteiger partial charge in [-0.15, -0.1) is 16.8 Å². The first kappa shape index (κ1) is 21.4. The Hall–Kier alpha value is -3.26. The number of allylic oxidation sites excluding steroid dienone is 1. The number of methoxy groups -OCH3 is 1. The lowest BCUT2D eigenvalue weighted by atomic mass is 10.2. The molecule has 7 nitrogen and oxygen atoms in total. The van der Waals surface area contributed by atoms with Gasteiger partial charge in [0.2, 0.25) is 5.91 Å². The van der Waals surface area contributed by atoms with Crippen molar-refractivity contribution in [3.05, 3.63) is 61.2 Å². The molecule has 0 atom stereocenters. The SMILES string of the molecule is C=CCn1c(SCC(=O)Nc2cccc(OC)c2)nnc1-c1ccc(N(C)C)cc1. The number of hydrogen-bond acceptors (Lipinski definition) is 6. The van der Waals surface area contributed by atoms with Gasteiger partial charge in [0.1, 0.15) is 5.75 Å². The predicted octanol–water partition coefficient (Wildman–Crippen LogP) is 3.94. The maximum absolute atomic E-state index is 12.4. The van der Waals surface area contributed by atoms with Crippen molar-refractivity contribution < 1.29 is 9.53 Å². The summed E-state index contributed by atoms with van der Waals surface area (Å²) in [6.07, 6.45) is 1.79. The Labute approximate surface area is 180 Å². The average molecular weight is 424 g/mol. The van der Waals surface area contributed by atoms with Crippen LogP contribution in [0.1, 0.15) is 0 Å². The molecule has 8 heteroatoms. The molecule has 1 heterocycles. The Balaban J connectivity index is 1.71. The third-order valence-electron chi connectivity index (χ3n) is 4.36. The van der Waals surface area contributed by atoms with Crippen LogP contribution in [0, 0.1) is 0 Å². The molecule has 0 fully saturated rings. The van der Waals surface area contributed by atoms with Gasteiger partial charge in [0, 0.05) is 43.6 Å². The van der Waals surface area contributed by atoms with Gasteiger partial charge in [-0.25, -0.2) is 0 Å². The molecule has 2 aromatic carbocycles. The third kappa shape index (κ3) is 5.21. The normalized spacial score (nSPS) is 10.5. The monoisotopic (exact) mass is 423 g/mol. The van der Waals surface area contributed by atoms with Crippen LogP contribution in [0.15, 0.2) is 66.3 Å². The molecule has 1 aromatic heterocycles. The highest BCUT2D eigenvalue weighted by Gasteiger charge is 2.15. The summed E-state index contributed by atoms with van der Waals surface area (Å²) in [5.74, 6) is 1.52. The van der Waals surface area contributed by atoms with Gasteiger partial charge in [0.05, 0.1) is 12.9 Å². The zero-order valence-electron chi connectivity index (χ0n) is 17.3. The molecule has 0 aliphatic rings. The van der Waals surface area contributed by atoms with E-state index < -0.39 is 0 Å². The van der Waals surface area contributed by atoms with E-state index in [9.17, 15) is 4.79 Å². The minimum absolute atomic E-state index is 0.127. The van der Waals surface area contributed by atoms with Crippen molar-refractivity contribution in [1.29, 1.82) is 0 Å². The lowest BCUT2D eigenvalue weighted by Gasteiger charge is -2.13. The summed E-state index contributed by atoms with van der Waals surface area (Å²) in [6.45, 7) is 4.39. The number of carbonyl (C=O) groups is 1. The van der Waals surface area contributed by atoms with Gasteiger partial charge in [-0.3, -0.25) is 9.36 Å². The smallest absolute Gasteiger partial charge is 0.234 e. The molecule has 0 aliphatic heterocycles. The summed E-state index contributed by atoms with van der Waals surface area (Å²) in [7, 11) is 5.59. The summed E-state index contributed by atoms with van der Waals surface area (Å²) >= 11 is 1.34. The Morgan fingerprint density at radius 3 is 2.67 bits per heavy atom. The molecule has 0 unspecified atom stereocenters. The Morgan fingerprint density at radius 1 is 1.23 bits per heavy atom. The van der Waals surface area contributed by atoms with E-state index in [1.54, 1.807) is 19.3 Å². The first-order valence-electron chi connectivity index (χ1n) is 9.40. The van der Waals surface area contributed by atoms with E-state index in [4.69, 9.17) is 4.74 Å². The molecule has 3 aromatic rings. The third-order valence-corrected chi connectivity index (χ3v) is 5.32. The lowest BCUT2D eigenvalue weighted by molar-refractivity contribution is -0.113. The highest BCUT2D eigenvalue weighted by molar-refractivity contribution is 7.99. The molecule has 0 saturated heterocycles. The van der Waals surface area contributed by atoms with Crippen molar-refractivity contribution >= 4 is 29.0 Å². The van der Waals surface area contributed by atoms with Crippen molar-refractivity contribution in [2.75, 3.05) is 37.2 Å². The number of ether oxygens (including phenoxy) is 1. The zero-order chi connectivity index (χ0) is 21.5. The molecule has 1 amide bonds. The van der Waals surface area contributed by atoms with Gasteiger partial charge in [0.25, 0.3) is 0 Å². The molecule has 30 heavy (non-hydrogen) atoms. The fourth-order valence-electron chi connectivity index (χ4n) is 2.84. The molecule has 3 rings (SSSR count). The number of carbonyl (C=O) groups excluding carboxylic acids is 1.